The Kier molecular flexibility index (Phi) is 3.52. The minimum atomic E-state index is 0.833. The molecule has 3 rings (SSSR count). The second-order valence-corrected chi connectivity index (χ2v) is 6.25. The van der Waals surface area contributed by atoms with Crippen molar-refractivity contribution >= 4 is 27.1 Å². The van der Waals surface area contributed by atoms with Gasteiger partial charge in [-0.25, -0.2) is 0 Å². The molecule has 1 aliphatic heterocycles. The van der Waals surface area contributed by atoms with Crippen LogP contribution in [0.4, 0.5) is 5.69 Å². The van der Waals surface area contributed by atoms with Crippen LogP contribution in [0.1, 0.15) is 12.8 Å². The van der Waals surface area contributed by atoms with Crippen LogP contribution < -0.4 is 5.32 Å². The fourth-order valence-corrected chi connectivity index (χ4v) is 3.38. The van der Waals surface area contributed by atoms with E-state index in [1.807, 2.05) is 11.3 Å². The van der Waals surface area contributed by atoms with Crippen LogP contribution in [-0.2, 0) is 0 Å². The lowest BCUT2D eigenvalue weighted by molar-refractivity contribution is 0.226. The average Bonchev–Trinajstić information content (AvgIpc) is 2.85. The molecule has 1 saturated heterocycles. The molecule has 1 fully saturated rings. The van der Waals surface area contributed by atoms with Crippen LogP contribution in [0.25, 0.3) is 10.1 Å². The summed E-state index contributed by atoms with van der Waals surface area (Å²) in [5.41, 5.74) is 1.26. The van der Waals surface area contributed by atoms with Crippen LogP contribution in [0.15, 0.2) is 29.6 Å². The zero-order valence-electron chi connectivity index (χ0n) is 10.9. The smallest absolute Gasteiger partial charge is 0.0347 e. The molecule has 0 radical (unpaired) electrons. The second-order valence-electron chi connectivity index (χ2n) is 5.30. The minimum absolute atomic E-state index is 0.833. The van der Waals surface area contributed by atoms with Gasteiger partial charge in [0.2, 0.25) is 0 Å². The summed E-state index contributed by atoms with van der Waals surface area (Å²) in [6.07, 6.45) is 2.65. The number of likely N-dealkylation sites (tertiary alicyclic amines) is 1. The third-order valence-electron chi connectivity index (χ3n) is 3.89. The Morgan fingerprint density at radius 2 is 2.11 bits per heavy atom. The number of hydrogen-bond donors (Lipinski definition) is 1. The van der Waals surface area contributed by atoms with Crippen LogP contribution in [0.3, 0.4) is 0 Å². The summed E-state index contributed by atoms with van der Waals surface area (Å²) in [5, 5.41) is 7.11. The zero-order valence-corrected chi connectivity index (χ0v) is 11.7. The lowest BCUT2D eigenvalue weighted by Crippen LogP contribution is -2.32. The molecule has 0 aliphatic carbocycles. The quantitative estimate of drug-likeness (QED) is 0.906. The first-order valence-corrected chi connectivity index (χ1v) is 7.59. The molecule has 96 valence electrons. The van der Waals surface area contributed by atoms with Crippen molar-refractivity contribution in [2.24, 2.45) is 5.92 Å². The van der Waals surface area contributed by atoms with Crippen LogP contribution >= 0.6 is 11.3 Å². The number of nitrogens with zero attached hydrogens (tertiary/aromatic N) is 1. The molecule has 1 aliphatic rings. The Morgan fingerprint density at radius 1 is 1.28 bits per heavy atom. The first-order chi connectivity index (χ1) is 8.81. The van der Waals surface area contributed by atoms with Crippen molar-refractivity contribution in [3.63, 3.8) is 0 Å². The lowest BCUT2D eigenvalue weighted by Gasteiger charge is -2.29. The van der Waals surface area contributed by atoms with E-state index in [2.05, 4.69) is 46.9 Å². The molecular weight excluding hydrogens is 240 g/mol. The first-order valence-electron chi connectivity index (χ1n) is 6.71. The molecule has 2 nitrogen and oxygen atoms in total. The molecule has 1 aromatic heterocycles. The molecular formula is C15H20N2S. The maximum Gasteiger partial charge on any atom is 0.0347 e. The largest absolute Gasteiger partial charge is 0.385 e. The maximum atomic E-state index is 3.60. The topological polar surface area (TPSA) is 15.3 Å². The number of rotatable bonds is 3. The van der Waals surface area contributed by atoms with Crippen molar-refractivity contribution in [2.45, 2.75) is 12.8 Å². The number of anilines is 1. The van der Waals surface area contributed by atoms with Gasteiger partial charge in [0.15, 0.2) is 0 Å². The van der Waals surface area contributed by atoms with Crippen molar-refractivity contribution < 1.29 is 0 Å². The van der Waals surface area contributed by atoms with Gasteiger partial charge in [0.25, 0.3) is 0 Å². The summed E-state index contributed by atoms with van der Waals surface area (Å²) >= 11 is 1.81. The van der Waals surface area contributed by atoms with Crippen LogP contribution in [0.2, 0.25) is 0 Å². The second kappa shape index (κ2) is 5.29. The van der Waals surface area contributed by atoms with Gasteiger partial charge in [-0.15, -0.1) is 11.3 Å². The van der Waals surface area contributed by atoms with E-state index in [-0.39, 0.29) is 0 Å². The van der Waals surface area contributed by atoms with Crippen molar-refractivity contribution in [3.05, 3.63) is 29.6 Å². The van der Waals surface area contributed by atoms with E-state index in [1.54, 1.807) is 0 Å². The molecule has 18 heavy (non-hydrogen) atoms. The van der Waals surface area contributed by atoms with Gasteiger partial charge in [-0.1, -0.05) is 0 Å². The Bertz CT molecular complexity index is 512. The third-order valence-corrected chi connectivity index (χ3v) is 4.78. The van der Waals surface area contributed by atoms with Gasteiger partial charge < -0.3 is 10.2 Å². The van der Waals surface area contributed by atoms with Crippen molar-refractivity contribution in [3.8, 4) is 0 Å². The normalized spacial score (nSPS) is 18.3. The van der Waals surface area contributed by atoms with Gasteiger partial charge in [0.05, 0.1) is 0 Å². The number of fused-ring (bicyclic) bond motifs is 1. The van der Waals surface area contributed by atoms with Crippen LogP contribution in [-0.4, -0.2) is 31.6 Å². The number of thiophene rings is 1. The number of piperidine rings is 1. The molecule has 0 bridgehead atoms. The van der Waals surface area contributed by atoms with E-state index in [0.29, 0.717) is 0 Å². The number of hydrogen-bond acceptors (Lipinski definition) is 3. The minimum Gasteiger partial charge on any atom is -0.385 e. The fraction of sp³-hybridized carbons (Fsp3) is 0.467. The summed E-state index contributed by atoms with van der Waals surface area (Å²) in [5.74, 6) is 0.833. The first kappa shape index (κ1) is 12.0. The Balaban J connectivity index is 1.59. The van der Waals surface area contributed by atoms with Gasteiger partial charge >= 0.3 is 0 Å². The van der Waals surface area contributed by atoms with Gasteiger partial charge in [-0.3, -0.25) is 0 Å². The predicted octanol–water partition coefficient (Wildman–Crippen LogP) is 3.66. The molecule has 2 heterocycles. The number of benzene rings is 1. The monoisotopic (exact) mass is 260 g/mol. The summed E-state index contributed by atoms with van der Waals surface area (Å²) in [7, 11) is 2.22. The summed E-state index contributed by atoms with van der Waals surface area (Å²) in [6.45, 7) is 3.61. The molecule has 0 spiro atoms. The van der Waals surface area contributed by atoms with Crippen LogP contribution in [0, 0.1) is 5.92 Å². The molecule has 1 aromatic carbocycles. The highest BCUT2D eigenvalue weighted by molar-refractivity contribution is 7.17. The Labute approximate surface area is 113 Å². The molecule has 0 amide bonds. The van der Waals surface area contributed by atoms with E-state index in [0.717, 1.165) is 12.5 Å². The van der Waals surface area contributed by atoms with Gasteiger partial charge in [0, 0.05) is 16.9 Å². The molecule has 1 N–H and O–H groups in total. The molecule has 3 heteroatoms. The summed E-state index contributed by atoms with van der Waals surface area (Å²) in [6, 6.07) is 8.88. The highest BCUT2D eigenvalue weighted by atomic mass is 32.1. The van der Waals surface area contributed by atoms with Gasteiger partial charge in [0.1, 0.15) is 0 Å². The zero-order chi connectivity index (χ0) is 12.4. The molecule has 0 unspecified atom stereocenters. The van der Waals surface area contributed by atoms with Crippen LogP contribution in [0.5, 0.6) is 0 Å². The SMILES string of the molecule is CN1CCC(CNc2ccc3sccc3c2)CC1. The van der Waals surface area contributed by atoms with Gasteiger partial charge in [-0.05, 0) is 73.9 Å². The van der Waals surface area contributed by atoms with E-state index in [4.69, 9.17) is 0 Å². The van der Waals surface area contributed by atoms with E-state index in [9.17, 15) is 0 Å². The van der Waals surface area contributed by atoms with E-state index >= 15 is 0 Å². The summed E-state index contributed by atoms with van der Waals surface area (Å²) < 4.78 is 1.37. The third kappa shape index (κ3) is 2.68. The summed E-state index contributed by atoms with van der Waals surface area (Å²) in [4.78, 5) is 2.42. The molecule has 0 atom stereocenters. The standard InChI is InChI=1S/C15H20N2S/c1-17-7-4-12(5-8-17)11-16-14-2-3-15-13(10-14)6-9-18-15/h2-3,6,9-10,12,16H,4-5,7-8,11H2,1H3. The van der Waals surface area contributed by atoms with E-state index < -0.39 is 0 Å². The molecule has 0 saturated carbocycles. The Morgan fingerprint density at radius 3 is 2.94 bits per heavy atom. The van der Waals surface area contributed by atoms with Crippen molar-refractivity contribution in [2.75, 3.05) is 32.0 Å². The lowest BCUT2D eigenvalue weighted by atomic mass is 9.97. The van der Waals surface area contributed by atoms with E-state index in [1.165, 1.54) is 41.7 Å². The highest BCUT2D eigenvalue weighted by Crippen LogP contribution is 2.24. The highest BCUT2D eigenvalue weighted by Gasteiger charge is 2.16. The molecule has 2 aromatic rings. The fourth-order valence-electron chi connectivity index (χ4n) is 2.60. The Hall–Kier alpha value is -1.06. The van der Waals surface area contributed by atoms with Gasteiger partial charge in [-0.2, -0.15) is 0 Å². The number of nitrogens with one attached hydrogen (secondary N) is 1. The van der Waals surface area contributed by atoms with Crippen molar-refractivity contribution in [1.82, 2.24) is 4.90 Å². The maximum absolute atomic E-state index is 3.60. The average molecular weight is 260 g/mol. The predicted molar refractivity (Wildman–Crippen MR) is 80.5 cm³/mol. The van der Waals surface area contributed by atoms with Crippen molar-refractivity contribution in [1.29, 1.82) is 0 Å².